The summed E-state index contributed by atoms with van der Waals surface area (Å²) in [6.07, 6.45) is 11.7. The highest BCUT2D eigenvalue weighted by Gasteiger charge is 2.55. The maximum atomic E-state index is 12.4. The van der Waals surface area contributed by atoms with Gasteiger partial charge in [-0.15, -0.1) is 0 Å². The summed E-state index contributed by atoms with van der Waals surface area (Å²) in [6, 6.07) is 0. The first kappa shape index (κ1) is 15.2. The summed E-state index contributed by atoms with van der Waals surface area (Å²) in [6.45, 7) is 3.69. The van der Waals surface area contributed by atoms with E-state index in [1.165, 1.54) is 18.9 Å². The fraction of sp³-hybridized carbons (Fsp3) is 0.700. The lowest BCUT2D eigenvalue weighted by atomic mass is 9.53. The van der Waals surface area contributed by atoms with Gasteiger partial charge in [0.1, 0.15) is 11.5 Å². The number of ketones is 1. The molecule has 5 atom stereocenters. The zero-order chi connectivity index (χ0) is 16.2. The molecule has 0 saturated heterocycles. The molecule has 0 heterocycles. The minimum Gasteiger partial charge on any atom is -0.431 e. The molecular formula is C20H26O3. The number of esters is 1. The summed E-state index contributed by atoms with van der Waals surface area (Å²) >= 11 is 0. The molecule has 3 nitrogen and oxygen atoms in total. The van der Waals surface area contributed by atoms with E-state index >= 15 is 0 Å². The number of carbonyl (C=O) groups is 2. The molecule has 2 saturated carbocycles. The van der Waals surface area contributed by atoms with Crippen LogP contribution in [0, 0.1) is 29.1 Å². The van der Waals surface area contributed by atoms with Crippen molar-refractivity contribution in [1.82, 2.24) is 0 Å². The Morgan fingerprint density at radius 1 is 1.22 bits per heavy atom. The molecule has 124 valence electrons. The summed E-state index contributed by atoms with van der Waals surface area (Å²) in [5, 5.41) is 0. The largest absolute Gasteiger partial charge is 0.431 e. The van der Waals surface area contributed by atoms with Crippen molar-refractivity contribution in [2.75, 3.05) is 0 Å². The normalized spacial score (nSPS) is 42.1. The highest BCUT2D eigenvalue weighted by molar-refractivity contribution is 5.87. The summed E-state index contributed by atoms with van der Waals surface area (Å²) in [4.78, 5) is 23.5. The van der Waals surface area contributed by atoms with E-state index in [0.29, 0.717) is 29.5 Å². The number of fused-ring (bicyclic) bond motifs is 5. The molecule has 23 heavy (non-hydrogen) atoms. The van der Waals surface area contributed by atoms with Crippen molar-refractivity contribution in [3.8, 4) is 0 Å². The smallest absolute Gasteiger partial charge is 0.307 e. The van der Waals surface area contributed by atoms with Crippen LogP contribution in [0.1, 0.15) is 58.8 Å². The van der Waals surface area contributed by atoms with Crippen molar-refractivity contribution < 1.29 is 14.3 Å². The molecule has 0 aromatic carbocycles. The van der Waals surface area contributed by atoms with Gasteiger partial charge >= 0.3 is 5.97 Å². The Morgan fingerprint density at radius 3 is 2.83 bits per heavy atom. The fourth-order valence-corrected chi connectivity index (χ4v) is 5.96. The molecule has 0 N–H and O–H groups in total. The standard InChI is InChI=1S/C20H26O3/c1-12(21)23-14-4-6-15-13(11-14)3-5-17-16(15)9-10-20(2)18(17)7-8-19(20)22/h3,11,15-18H,4-10H2,1-2H3/t15-,16?,17+,18?,20-/m0/s1. The summed E-state index contributed by atoms with van der Waals surface area (Å²) in [5.41, 5.74) is 1.33. The van der Waals surface area contributed by atoms with E-state index in [0.717, 1.165) is 44.3 Å². The van der Waals surface area contributed by atoms with E-state index in [4.69, 9.17) is 4.74 Å². The Labute approximate surface area is 138 Å². The predicted molar refractivity (Wildman–Crippen MR) is 87.3 cm³/mol. The first-order valence-corrected chi connectivity index (χ1v) is 9.11. The van der Waals surface area contributed by atoms with Crippen LogP contribution in [0.4, 0.5) is 0 Å². The zero-order valence-corrected chi connectivity index (χ0v) is 14.1. The molecule has 0 amide bonds. The minimum atomic E-state index is -0.220. The highest BCUT2D eigenvalue weighted by atomic mass is 16.5. The first-order valence-electron chi connectivity index (χ1n) is 9.11. The lowest BCUT2D eigenvalue weighted by Crippen LogP contribution is -2.45. The summed E-state index contributed by atoms with van der Waals surface area (Å²) in [5.74, 6) is 3.71. The van der Waals surface area contributed by atoms with E-state index in [2.05, 4.69) is 19.1 Å². The summed E-state index contributed by atoms with van der Waals surface area (Å²) < 4.78 is 5.31. The van der Waals surface area contributed by atoms with Crippen molar-refractivity contribution in [2.24, 2.45) is 29.1 Å². The number of hydrogen-bond acceptors (Lipinski definition) is 3. The van der Waals surface area contributed by atoms with Gasteiger partial charge in [0.25, 0.3) is 0 Å². The number of allylic oxidation sites excluding steroid dienone is 4. The van der Waals surface area contributed by atoms with Gasteiger partial charge in [-0.2, -0.15) is 0 Å². The van der Waals surface area contributed by atoms with Crippen LogP contribution in [0.25, 0.3) is 0 Å². The molecule has 4 aliphatic carbocycles. The summed E-state index contributed by atoms with van der Waals surface area (Å²) in [7, 11) is 0. The Balaban J connectivity index is 1.60. The van der Waals surface area contributed by atoms with Crippen LogP contribution in [0.15, 0.2) is 23.5 Å². The first-order chi connectivity index (χ1) is 11.0. The lowest BCUT2D eigenvalue weighted by Gasteiger charge is -2.50. The zero-order valence-electron chi connectivity index (χ0n) is 14.1. The van der Waals surface area contributed by atoms with Gasteiger partial charge in [-0.3, -0.25) is 9.59 Å². The predicted octanol–water partition coefficient (Wildman–Crippen LogP) is 4.19. The average molecular weight is 314 g/mol. The third-order valence-electron chi connectivity index (χ3n) is 7.08. The second kappa shape index (κ2) is 5.32. The molecular weight excluding hydrogens is 288 g/mol. The van der Waals surface area contributed by atoms with Crippen molar-refractivity contribution in [3.05, 3.63) is 23.5 Å². The molecule has 0 aliphatic heterocycles. The van der Waals surface area contributed by atoms with Crippen molar-refractivity contribution in [2.45, 2.75) is 58.8 Å². The Hall–Kier alpha value is -1.38. The molecule has 0 spiro atoms. The van der Waals surface area contributed by atoms with Gasteiger partial charge in [-0.1, -0.05) is 13.0 Å². The van der Waals surface area contributed by atoms with Crippen LogP contribution in [-0.2, 0) is 14.3 Å². The SMILES string of the molecule is CC(=O)OC1=CC2=CC[C@@H]3C(CC[C@]4(C)C(=O)CCC34)[C@H]2CC1. The van der Waals surface area contributed by atoms with Crippen LogP contribution >= 0.6 is 0 Å². The van der Waals surface area contributed by atoms with E-state index in [1.54, 1.807) is 0 Å². The highest BCUT2D eigenvalue weighted by Crippen LogP contribution is 2.59. The van der Waals surface area contributed by atoms with Crippen molar-refractivity contribution in [3.63, 3.8) is 0 Å². The van der Waals surface area contributed by atoms with Gasteiger partial charge in [0, 0.05) is 25.2 Å². The number of ether oxygens (including phenoxy) is 1. The number of rotatable bonds is 1. The molecule has 3 heteroatoms. The Bertz CT molecular complexity index is 614. The second-order valence-corrected chi connectivity index (χ2v) is 8.14. The van der Waals surface area contributed by atoms with Crippen LogP contribution in [-0.4, -0.2) is 11.8 Å². The topological polar surface area (TPSA) is 43.4 Å². The molecule has 0 radical (unpaired) electrons. The van der Waals surface area contributed by atoms with Gasteiger partial charge in [0.15, 0.2) is 0 Å². The number of Topliss-reactive ketones (excluding diaryl/α,β-unsaturated/α-hetero) is 1. The Morgan fingerprint density at radius 2 is 2.04 bits per heavy atom. The molecule has 4 rings (SSSR count). The molecule has 0 bridgehead atoms. The fourth-order valence-electron chi connectivity index (χ4n) is 5.96. The van der Waals surface area contributed by atoms with Crippen molar-refractivity contribution in [1.29, 1.82) is 0 Å². The monoisotopic (exact) mass is 314 g/mol. The molecule has 2 unspecified atom stereocenters. The molecule has 0 aromatic rings. The van der Waals surface area contributed by atoms with Crippen LogP contribution in [0.3, 0.4) is 0 Å². The maximum absolute atomic E-state index is 12.4. The second-order valence-electron chi connectivity index (χ2n) is 8.14. The van der Waals surface area contributed by atoms with Crippen LogP contribution < -0.4 is 0 Å². The quantitative estimate of drug-likeness (QED) is 0.682. The number of hydrogen-bond donors (Lipinski definition) is 0. The van der Waals surface area contributed by atoms with Crippen LogP contribution in [0.2, 0.25) is 0 Å². The third-order valence-corrected chi connectivity index (χ3v) is 7.08. The van der Waals surface area contributed by atoms with Gasteiger partial charge in [0.05, 0.1) is 0 Å². The lowest BCUT2D eigenvalue weighted by molar-refractivity contribution is -0.137. The van der Waals surface area contributed by atoms with E-state index in [9.17, 15) is 9.59 Å². The van der Waals surface area contributed by atoms with Gasteiger partial charge in [0.2, 0.25) is 0 Å². The van der Waals surface area contributed by atoms with E-state index < -0.39 is 0 Å². The molecule has 2 fully saturated rings. The Kier molecular flexibility index (Phi) is 3.51. The van der Waals surface area contributed by atoms with Gasteiger partial charge in [-0.25, -0.2) is 0 Å². The van der Waals surface area contributed by atoms with Crippen molar-refractivity contribution >= 4 is 11.8 Å². The number of carbonyl (C=O) groups excluding carboxylic acids is 2. The van der Waals surface area contributed by atoms with E-state index in [-0.39, 0.29) is 11.4 Å². The molecule has 0 aromatic heterocycles. The van der Waals surface area contributed by atoms with Crippen LogP contribution in [0.5, 0.6) is 0 Å². The third kappa shape index (κ3) is 2.31. The maximum Gasteiger partial charge on any atom is 0.307 e. The average Bonchev–Trinajstić information content (AvgIpc) is 2.82. The van der Waals surface area contributed by atoms with Gasteiger partial charge in [-0.05, 0) is 67.4 Å². The molecule has 4 aliphatic rings. The van der Waals surface area contributed by atoms with Gasteiger partial charge < -0.3 is 4.74 Å². The van der Waals surface area contributed by atoms with E-state index in [1.807, 2.05) is 0 Å². The minimum absolute atomic E-state index is 0.0417.